The third kappa shape index (κ3) is 1.82. The molecule has 4 heteroatoms. The Bertz CT molecular complexity index is 626. The van der Waals surface area contributed by atoms with Gasteiger partial charge in [0.2, 0.25) is 5.91 Å². The predicted octanol–water partition coefficient (Wildman–Crippen LogP) is 2.11. The Hall–Kier alpha value is -2.36. The molecule has 0 spiro atoms. The van der Waals surface area contributed by atoms with Crippen molar-refractivity contribution >= 4 is 17.3 Å². The third-order valence-corrected chi connectivity index (χ3v) is 2.89. The molecular weight excluding hydrogens is 226 g/mol. The number of rotatable bonds is 1. The zero-order chi connectivity index (χ0) is 12.5. The summed E-state index contributed by atoms with van der Waals surface area (Å²) in [6, 6.07) is 11.8. The molecule has 0 bridgehead atoms. The second kappa shape index (κ2) is 4.14. The first-order valence-corrected chi connectivity index (χ1v) is 5.84. The van der Waals surface area contributed by atoms with Crippen LogP contribution in [0.3, 0.4) is 0 Å². The summed E-state index contributed by atoms with van der Waals surface area (Å²) < 4.78 is 0. The molecule has 0 unspecified atom stereocenters. The first-order chi connectivity index (χ1) is 8.74. The van der Waals surface area contributed by atoms with Gasteiger partial charge in [-0.1, -0.05) is 30.3 Å². The minimum absolute atomic E-state index is 0.0822. The lowest BCUT2D eigenvalue weighted by atomic mass is 10.1. The largest absolute Gasteiger partial charge is 0.356 e. The SMILES string of the molecule is Cc1cc2c([nH]1)C(c1ccccc1)=NCC(=O)N2. The topological polar surface area (TPSA) is 57.2 Å². The zero-order valence-electron chi connectivity index (χ0n) is 10.0. The number of hydrogen-bond donors (Lipinski definition) is 2. The number of amides is 1. The van der Waals surface area contributed by atoms with E-state index in [1.54, 1.807) is 0 Å². The number of aryl methyl sites for hydroxylation is 1. The highest BCUT2D eigenvalue weighted by Gasteiger charge is 2.19. The van der Waals surface area contributed by atoms with Gasteiger partial charge in [0, 0.05) is 11.3 Å². The Balaban J connectivity index is 2.16. The minimum Gasteiger partial charge on any atom is -0.356 e. The van der Waals surface area contributed by atoms with Gasteiger partial charge in [-0.25, -0.2) is 0 Å². The summed E-state index contributed by atoms with van der Waals surface area (Å²) in [5.74, 6) is -0.0822. The van der Waals surface area contributed by atoms with Crippen molar-refractivity contribution in [2.45, 2.75) is 6.92 Å². The van der Waals surface area contributed by atoms with E-state index < -0.39 is 0 Å². The molecule has 0 radical (unpaired) electrons. The quantitative estimate of drug-likeness (QED) is 0.786. The highest BCUT2D eigenvalue weighted by atomic mass is 16.1. The van der Waals surface area contributed by atoms with E-state index in [0.717, 1.165) is 28.4 Å². The van der Waals surface area contributed by atoms with Crippen LogP contribution >= 0.6 is 0 Å². The monoisotopic (exact) mass is 239 g/mol. The average Bonchev–Trinajstić information content (AvgIpc) is 2.64. The Kier molecular flexibility index (Phi) is 2.48. The van der Waals surface area contributed by atoms with Crippen LogP contribution < -0.4 is 5.32 Å². The summed E-state index contributed by atoms with van der Waals surface area (Å²) >= 11 is 0. The van der Waals surface area contributed by atoms with Gasteiger partial charge < -0.3 is 10.3 Å². The van der Waals surface area contributed by atoms with E-state index in [4.69, 9.17) is 0 Å². The summed E-state index contributed by atoms with van der Waals surface area (Å²) in [5, 5.41) is 2.86. The summed E-state index contributed by atoms with van der Waals surface area (Å²) in [6.45, 7) is 2.12. The minimum atomic E-state index is -0.0822. The lowest BCUT2D eigenvalue weighted by molar-refractivity contribution is -0.114. The van der Waals surface area contributed by atoms with E-state index in [9.17, 15) is 4.79 Å². The number of benzene rings is 1. The van der Waals surface area contributed by atoms with Crippen molar-refractivity contribution in [3.8, 4) is 0 Å². The van der Waals surface area contributed by atoms with Gasteiger partial charge in [-0.15, -0.1) is 0 Å². The van der Waals surface area contributed by atoms with Crippen molar-refractivity contribution in [1.82, 2.24) is 4.98 Å². The van der Waals surface area contributed by atoms with Gasteiger partial charge in [-0.2, -0.15) is 0 Å². The fraction of sp³-hybridized carbons (Fsp3) is 0.143. The number of hydrogen-bond acceptors (Lipinski definition) is 2. The molecule has 18 heavy (non-hydrogen) atoms. The molecule has 1 aliphatic rings. The number of aromatic nitrogens is 1. The number of carbonyl (C=O) groups excluding carboxylic acids is 1. The van der Waals surface area contributed by atoms with Crippen LogP contribution in [0.2, 0.25) is 0 Å². The molecule has 1 aliphatic heterocycles. The van der Waals surface area contributed by atoms with Gasteiger partial charge in [0.05, 0.1) is 17.1 Å². The van der Waals surface area contributed by atoms with E-state index in [-0.39, 0.29) is 12.5 Å². The fourth-order valence-electron chi connectivity index (χ4n) is 2.13. The highest BCUT2D eigenvalue weighted by molar-refractivity contribution is 6.18. The van der Waals surface area contributed by atoms with Crippen LogP contribution in [0.4, 0.5) is 5.69 Å². The lowest BCUT2D eigenvalue weighted by Crippen LogP contribution is -2.12. The molecule has 2 N–H and O–H groups in total. The van der Waals surface area contributed by atoms with E-state index in [0.29, 0.717) is 0 Å². The van der Waals surface area contributed by atoms with Crippen LogP contribution in [-0.4, -0.2) is 23.1 Å². The molecule has 90 valence electrons. The van der Waals surface area contributed by atoms with Crippen LogP contribution in [0.25, 0.3) is 0 Å². The second-order valence-electron chi connectivity index (χ2n) is 4.32. The first kappa shape index (κ1) is 10.8. The predicted molar refractivity (Wildman–Crippen MR) is 71.1 cm³/mol. The Morgan fingerprint density at radius 2 is 2.00 bits per heavy atom. The summed E-state index contributed by atoms with van der Waals surface area (Å²) in [5.41, 5.74) is 4.53. The van der Waals surface area contributed by atoms with E-state index in [1.807, 2.05) is 43.3 Å². The van der Waals surface area contributed by atoms with Gasteiger partial charge in [0.15, 0.2) is 0 Å². The molecule has 0 saturated carbocycles. The van der Waals surface area contributed by atoms with Crippen LogP contribution in [0.5, 0.6) is 0 Å². The molecule has 1 aromatic carbocycles. The normalized spacial score (nSPS) is 14.5. The average molecular weight is 239 g/mol. The zero-order valence-corrected chi connectivity index (χ0v) is 10.0. The van der Waals surface area contributed by atoms with Gasteiger partial charge in [0.25, 0.3) is 0 Å². The van der Waals surface area contributed by atoms with Gasteiger partial charge in [0.1, 0.15) is 6.54 Å². The van der Waals surface area contributed by atoms with Crippen LogP contribution in [0.1, 0.15) is 17.0 Å². The standard InChI is InChI=1S/C14H13N3O/c1-9-7-11-14(16-9)13(15-8-12(18)17-11)10-5-3-2-4-6-10/h2-7,16H,8H2,1H3,(H,17,18). The maximum atomic E-state index is 11.6. The van der Waals surface area contributed by atoms with Crippen molar-refractivity contribution in [3.63, 3.8) is 0 Å². The van der Waals surface area contributed by atoms with Gasteiger partial charge >= 0.3 is 0 Å². The summed E-state index contributed by atoms with van der Waals surface area (Å²) in [4.78, 5) is 19.3. The Morgan fingerprint density at radius 3 is 2.78 bits per heavy atom. The molecule has 2 heterocycles. The fourth-order valence-corrected chi connectivity index (χ4v) is 2.13. The third-order valence-electron chi connectivity index (χ3n) is 2.89. The molecule has 4 nitrogen and oxygen atoms in total. The number of H-pyrrole nitrogens is 1. The summed E-state index contributed by atoms with van der Waals surface area (Å²) in [7, 11) is 0. The number of aliphatic imine (C=N–C) groups is 1. The smallest absolute Gasteiger partial charge is 0.246 e. The van der Waals surface area contributed by atoms with E-state index in [2.05, 4.69) is 15.3 Å². The molecule has 2 aromatic rings. The molecule has 0 atom stereocenters. The maximum Gasteiger partial charge on any atom is 0.246 e. The Labute approximate surface area is 105 Å². The van der Waals surface area contributed by atoms with Crippen molar-refractivity contribution in [2.24, 2.45) is 4.99 Å². The number of carbonyl (C=O) groups is 1. The van der Waals surface area contributed by atoms with Crippen LogP contribution in [0, 0.1) is 6.92 Å². The first-order valence-electron chi connectivity index (χ1n) is 5.84. The number of aromatic amines is 1. The van der Waals surface area contributed by atoms with Gasteiger partial charge in [-0.3, -0.25) is 9.79 Å². The van der Waals surface area contributed by atoms with Crippen molar-refractivity contribution < 1.29 is 4.79 Å². The van der Waals surface area contributed by atoms with Crippen molar-refractivity contribution in [2.75, 3.05) is 11.9 Å². The van der Waals surface area contributed by atoms with E-state index >= 15 is 0 Å². The van der Waals surface area contributed by atoms with Crippen LogP contribution in [-0.2, 0) is 4.79 Å². The number of nitrogens with zero attached hydrogens (tertiary/aromatic N) is 1. The lowest BCUT2D eigenvalue weighted by Gasteiger charge is -2.04. The van der Waals surface area contributed by atoms with E-state index in [1.165, 1.54) is 0 Å². The van der Waals surface area contributed by atoms with Crippen molar-refractivity contribution in [1.29, 1.82) is 0 Å². The molecular formula is C14H13N3O. The van der Waals surface area contributed by atoms with Gasteiger partial charge in [-0.05, 0) is 13.0 Å². The molecule has 1 aromatic heterocycles. The molecule has 3 rings (SSSR count). The number of fused-ring (bicyclic) bond motifs is 1. The molecule has 1 amide bonds. The maximum absolute atomic E-state index is 11.6. The highest BCUT2D eigenvalue weighted by Crippen LogP contribution is 2.23. The number of anilines is 1. The summed E-state index contributed by atoms with van der Waals surface area (Å²) in [6.07, 6.45) is 0. The second-order valence-corrected chi connectivity index (χ2v) is 4.32. The molecule has 0 saturated heterocycles. The molecule has 0 fully saturated rings. The van der Waals surface area contributed by atoms with Crippen LogP contribution in [0.15, 0.2) is 41.4 Å². The molecule has 0 aliphatic carbocycles. The Morgan fingerprint density at radius 1 is 1.22 bits per heavy atom. The van der Waals surface area contributed by atoms with Crippen molar-refractivity contribution in [3.05, 3.63) is 53.3 Å². The number of nitrogens with one attached hydrogen (secondary N) is 2.